The number of hydrogen-bond donors (Lipinski definition) is 1. The molecule has 2 aromatic heterocycles. The molecule has 5 nitrogen and oxygen atoms in total. The number of hydrogen-bond acceptors (Lipinski definition) is 6. The molecule has 0 radical (unpaired) electrons. The molecule has 2 heterocycles. The predicted molar refractivity (Wildman–Crippen MR) is 82.6 cm³/mol. The maximum atomic E-state index is 5.74. The van der Waals surface area contributed by atoms with Crippen molar-refractivity contribution in [2.24, 2.45) is 0 Å². The number of rotatable bonds is 5. The van der Waals surface area contributed by atoms with Gasteiger partial charge in [-0.15, -0.1) is 0 Å². The number of benzene rings is 1. The van der Waals surface area contributed by atoms with Crippen LogP contribution in [0.3, 0.4) is 0 Å². The zero-order valence-electron chi connectivity index (χ0n) is 11.6. The van der Waals surface area contributed by atoms with Crippen molar-refractivity contribution in [3.8, 4) is 5.75 Å². The molecule has 0 spiro atoms. The average molecular weight is 301 g/mol. The molecule has 108 valence electrons. The molecule has 3 aromatic rings. The third-order valence-electron chi connectivity index (χ3n) is 2.77. The van der Waals surface area contributed by atoms with Crippen LogP contribution >= 0.6 is 11.8 Å². The van der Waals surface area contributed by atoms with Crippen molar-refractivity contribution in [3.63, 3.8) is 0 Å². The first-order chi connectivity index (χ1) is 10.3. The van der Waals surface area contributed by atoms with Crippen molar-refractivity contribution >= 4 is 28.5 Å². The van der Waals surface area contributed by atoms with Gasteiger partial charge in [-0.25, -0.2) is 9.97 Å². The van der Waals surface area contributed by atoms with Gasteiger partial charge < -0.3 is 14.9 Å². The fourth-order valence-corrected chi connectivity index (χ4v) is 2.60. The monoisotopic (exact) mass is 301 g/mol. The van der Waals surface area contributed by atoms with Crippen molar-refractivity contribution < 1.29 is 9.15 Å². The lowest BCUT2D eigenvalue weighted by atomic mass is 10.3. The second kappa shape index (κ2) is 6.05. The van der Waals surface area contributed by atoms with Crippen LogP contribution in [0.15, 0.2) is 51.2 Å². The van der Waals surface area contributed by atoms with E-state index in [0.717, 1.165) is 22.7 Å². The van der Waals surface area contributed by atoms with Gasteiger partial charge in [0.1, 0.15) is 10.5 Å². The van der Waals surface area contributed by atoms with Gasteiger partial charge in [-0.2, -0.15) is 0 Å². The van der Waals surface area contributed by atoms with Crippen LogP contribution in [-0.2, 0) is 0 Å². The zero-order valence-corrected chi connectivity index (χ0v) is 12.4. The molecule has 21 heavy (non-hydrogen) atoms. The Labute approximate surface area is 126 Å². The lowest BCUT2D eigenvalue weighted by molar-refractivity contribution is 0.307. The van der Waals surface area contributed by atoms with E-state index in [1.54, 1.807) is 18.3 Å². The van der Waals surface area contributed by atoms with Crippen molar-refractivity contribution in [1.29, 1.82) is 0 Å². The Morgan fingerprint density at radius 2 is 2.24 bits per heavy atom. The molecule has 3 rings (SSSR count). The van der Waals surface area contributed by atoms with Crippen molar-refractivity contribution in [2.45, 2.75) is 23.6 Å². The van der Waals surface area contributed by atoms with Gasteiger partial charge in [-0.05, 0) is 42.4 Å². The van der Waals surface area contributed by atoms with E-state index < -0.39 is 0 Å². The number of nitrogens with two attached hydrogens (primary N) is 1. The summed E-state index contributed by atoms with van der Waals surface area (Å²) in [5, 5.41) is 1.26. The molecule has 1 aromatic carbocycles. The summed E-state index contributed by atoms with van der Waals surface area (Å²) in [7, 11) is 0. The quantitative estimate of drug-likeness (QED) is 0.723. The number of aromatic nitrogens is 2. The number of fused-ring (bicyclic) bond motifs is 1. The summed E-state index contributed by atoms with van der Waals surface area (Å²) < 4.78 is 11.4. The Morgan fingerprint density at radius 3 is 3.10 bits per heavy atom. The van der Waals surface area contributed by atoms with E-state index in [2.05, 4.69) is 16.9 Å². The molecule has 0 atom stereocenters. The van der Waals surface area contributed by atoms with Gasteiger partial charge in [-0.3, -0.25) is 0 Å². The van der Waals surface area contributed by atoms with Crippen LogP contribution in [0, 0.1) is 0 Å². The summed E-state index contributed by atoms with van der Waals surface area (Å²) in [5.74, 6) is 0.742. The number of oxazole rings is 1. The Hall–Kier alpha value is -2.21. The van der Waals surface area contributed by atoms with E-state index in [-0.39, 0.29) is 0 Å². The number of pyridine rings is 1. The van der Waals surface area contributed by atoms with Crippen LogP contribution in [0.4, 0.5) is 5.69 Å². The van der Waals surface area contributed by atoms with E-state index in [4.69, 9.17) is 14.9 Å². The highest BCUT2D eigenvalue weighted by Crippen LogP contribution is 2.34. The third kappa shape index (κ3) is 3.11. The maximum absolute atomic E-state index is 5.74. The van der Waals surface area contributed by atoms with Crippen LogP contribution in [-0.4, -0.2) is 16.6 Å². The van der Waals surface area contributed by atoms with Crippen LogP contribution in [0.5, 0.6) is 5.75 Å². The van der Waals surface area contributed by atoms with Crippen LogP contribution in [0.1, 0.15) is 13.3 Å². The highest BCUT2D eigenvalue weighted by atomic mass is 32.2. The van der Waals surface area contributed by atoms with Gasteiger partial charge in [-0.1, -0.05) is 6.92 Å². The lowest BCUT2D eigenvalue weighted by Crippen LogP contribution is -1.97. The average Bonchev–Trinajstić information content (AvgIpc) is 2.87. The molecule has 0 saturated heterocycles. The Kier molecular flexibility index (Phi) is 3.96. The smallest absolute Gasteiger partial charge is 0.263 e. The second-order valence-corrected chi connectivity index (χ2v) is 5.40. The SMILES string of the molecule is CCCOc1cccnc1Sc1nc2ccc(N)cc2o1. The topological polar surface area (TPSA) is 74.2 Å². The predicted octanol–water partition coefficient (Wildman–Crippen LogP) is 3.75. The minimum atomic E-state index is 0.524. The number of nitrogens with zero attached hydrogens (tertiary/aromatic N) is 2. The van der Waals surface area contributed by atoms with Crippen LogP contribution in [0.2, 0.25) is 0 Å². The minimum Gasteiger partial charge on any atom is -0.491 e. The Bertz CT molecular complexity index is 758. The van der Waals surface area contributed by atoms with Gasteiger partial charge >= 0.3 is 0 Å². The molecule has 0 bridgehead atoms. The normalized spacial score (nSPS) is 10.9. The molecule has 0 aliphatic carbocycles. The fraction of sp³-hybridized carbons (Fsp3) is 0.200. The van der Waals surface area contributed by atoms with E-state index >= 15 is 0 Å². The Balaban J connectivity index is 1.87. The second-order valence-electron chi connectivity index (χ2n) is 4.46. The van der Waals surface area contributed by atoms with Gasteiger partial charge in [0.15, 0.2) is 11.3 Å². The van der Waals surface area contributed by atoms with Crippen molar-refractivity contribution in [2.75, 3.05) is 12.3 Å². The Morgan fingerprint density at radius 1 is 1.33 bits per heavy atom. The van der Waals surface area contributed by atoms with Crippen LogP contribution < -0.4 is 10.5 Å². The van der Waals surface area contributed by atoms with Gasteiger partial charge in [0, 0.05) is 18.0 Å². The molecule has 0 unspecified atom stereocenters. The molecule has 0 aliphatic rings. The molecule has 0 aliphatic heterocycles. The first-order valence-electron chi connectivity index (χ1n) is 6.68. The van der Waals surface area contributed by atoms with E-state index in [1.165, 1.54) is 11.8 Å². The fourth-order valence-electron chi connectivity index (χ4n) is 1.82. The third-order valence-corrected chi connectivity index (χ3v) is 3.62. The van der Waals surface area contributed by atoms with Crippen LogP contribution in [0.25, 0.3) is 11.1 Å². The van der Waals surface area contributed by atoms with Gasteiger partial charge in [0.2, 0.25) is 0 Å². The summed E-state index contributed by atoms with van der Waals surface area (Å²) >= 11 is 1.34. The molecule has 0 fully saturated rings. The maximum Gasteiger partial charge on any atom is 0.263 e. The van der Waals surface area contributed by atoms with Crippen molar-refractivity contribution in [3.05, 3.63) is 36.5 Å². The van der Waals surface area contributed by atoms with Gasteiger partial charge in [0.25, 0.3) is 5.22 Å². The van der Waals surface area contributed by atoms with Crippen molar-refractivity contribution in [1.82, 2.24) is 9.97 Å². The highest BCUT2D eigenvalue weighted by molar-refractivity contribution is 7.99. The van der Waals surface area contributed by atoms with E-state index in [9.17, 15) is 0 Å². The number of nitrogen functional groups attached to an aromatic ring is 1. The highest BCUT2D eigenvalue weighted by Gasteiger charge is 2.12. The first kappa shape index (κ1) is 13.8. The number of ether oxygens (including phenoxy) is 1. The summed E-state index contributed by atoms with van der Waals surface area (Å²) in [4.78, 5) is 8.74. The summed E-state index contributed by atoms with van der Waals surface area (Å²) in [5.41, 5.74) is 7.84. The first-order valence-corrected chi connectivity index (χ1v) is 7.49. The summed E-state index contributed by atoms with van der Waals surface area (Å²) in [6, 6.07) is 9.15. The van der Waals surface area contributed by atoms with E-state index in [0.29, 0.717) is 23.1 Å². The molecular weight excluding hydrogens is 286 g/mol. The molecule has 2 N–H and O–H groups in total. The van der Waals surface area contributed by atoms with E-state index in [1.807, 2.05) is 18.2 Å². The summed E-state index contributed by atoms with van der Waals surface area (Å²) in [6.07, 6.45) is 2.67. The van der Waals surface area contributed by atoms with Gasteiger partial charge in [0.05, 0.1) is 6.61 Å². The largest absolute Gasteiger partial charge is 0.491 e. The molecule has 0 saturated carbocycles. The minimum absolute atomic E-state index is 0.524. The lowest BCUT2D eigenvalue weighted by Gasteiger charge is -2.07. The number of anilines is 1. The molecular formula is C15H15N3O2S. The molecule has 6 heteroatoms. The zero-order chi connectivity index (χ0) is 14.7. The summed E-state index contributed by atoms with van der Waals surface area (Å²) in [6.45, 7) is 2.72. The standard InChI is InChI=1S/C15H15N3O2S/c1-2-8-19-12-4-3-7-17-14(12)21-15-18-11-6-5-10(16)9-13(11)20-15/h3-7,9H,2,8,16H2,1H3. The molecule has 0 amide bonds.